The molecule has 0 unspecified atom stereocenters. The molecule has 88 valence electrons. The van der Waals surface area contributed by atoms with Crippen LogP contribution in [-0.2, 0) is 6.54 Å². The number of hydrogen-bond acceptors (Lipinski definition) is 3. The fourth-order valence-electron chi connectivity index (χ4n) is 1.26. The van der Waals surface area contributed by atoms with E-state index in [0.29, 0.717) is 10.9 Å². The van der Waals surface area contributed by atoms with Crippen LogP contribution in [-0.4, -0.2) is 10.9 Å². The van der Waals surface area contributed by atoms with Gasteiger partial charge in [0, 0.05) is 11.1 Å². The molecule has 0 saturated carbocycles. The Morgan fingerprint density at radius 3 is 2.94 bits per heavy atom. The number of carbonyl (C=O) groups excluding carboxylic acids is 1. The summed E-state index contributed by atoms with van der Waals surface area (Å²) in [6, 6.07) is 6.46. The van der Waals surface area contributed by atoms with Crippen LogP contribution in [0.5, 0.6) is 0 Å². The van der Waals surface area contributed by atoms with Crippen molar-refractivity contribution < 1.29 is 9.18 Å². The smallest absolute Gasteiger partial charge is 0.256 e. The van der Waals surface area contributed by atoms with Crippen molar-refractivity contribution in [2.45, 2.75) is 6.54 Å². The molecule has 2 heterocycles. The van der Waals surface area contributed by atoms with E-state index in [-0.39, 0.29) is 5.56 Å². The van der Waals surface area contributed by atoms with Crippen LogP contribution in [0.3, 0.4) is 0 Å². The number of carbonyl (C=O) groups is 1. The highest BCUT2D eigenvalue weighted by atomic mass is 35.5. The summed E-state index contributed by atoms with van der Waals surface area (Å²) in [5, 5.41) is 2.60. The van der Waals surface area contributed by atoms with Crippen LogP contribution >= 0.6 is 22.9 Å². The van der Waals surface area contributed by atoms with Gasteiger partial charge in [-0.1, -0.05) is 11.6 Å². The molecule has 0 atom stereocenters. The van der Waals surface area contributed by atoms with E-state index in [1.165, 1.54) is 29.7 Å². The van der Waals surface area contributed by atoms with Crippen LogP contribution in [0.1, 0.15) is 15.2 Å². The average molecular weight is 271 g/mol. The third kappa shape index (κ3) is 3.01. The summed E-state index contributed by atoms with van der Waals surface area (Å²) in [5.74, 6) is -1.26. The van der Waals surface area contributed by atoms with Crippen LogP contribution in [0.15, 0.2) is 30.5 Å². The van der Waals surface area contributed by atoms with Gasteiger partial charge in [0.25, 0.3) is 5.91 Å². The Bertz CT molecular complexity index is 544. The van der Waals surface area contributed by atoms with Gasteiger partial charge in [-0.3, -0.25) is 4.79 Å². The SMILES string of the molecule is O=C(NCc1ccc(Cl)s1)c1cccnc1F. The quantitative estimate of drug-likeness (QED) is 0.872. The molecular formula is C11H8ClFN2OS. The molecule has 0 bridgehead atoms. The van der Waals surface area contributed by atoms with E-state index < -0.39 is 11.9 Å². The first-order chi connectivity index (χ1) is 8.16. The maximum Gasteiger partial charge on any atom is 0.256 e. The highest BCUT2D eigenvalue weighted by Gasteiger charge is 2.11. The number of nitrogens with zero attached hydrogens (tertiary/aromatic N) is 1. The first-order valence-corrected chi connectivity index (χ1v) is 5.99. The Kier molecular flexibility index (Phi) is 3.71. The molecule has 2 rings (SSSR count). The minimum Gasteiger partial charge on any atom is -0.347 e. The number of halogens is 2. The Morgan fingerprint density at radius 2 is 2.29 bits per heavy atom. The summed E-state index contributed by atoms with van der Waals surface area (Å²) in [4.78, 5) is 15.9. The van der Waals surface area contributed by atoms with Crippen molar-refractivity contribution in [3.8, 4) is 0 Å². The Balaban J connectivity index is 2.01. The second-order valence-corrected chi connectivity index (χ2v) is 5.03. The molecule has 1 N–H and O–H groups in total. The van der Waals surface area contributed by atoms with E-state index in [1.54, 1.807) is 6.07 Å². The van der Waals surface area contributed by atoms with E-state index in [9.17, 15) is 9.18 Å². The van der Waals surface area contributed by atoms with Gasteiger partial charge in [0.15, 0.2) is 0 Å². The van der Waals surface area contributed by atoms with E-state index in [2.05, 4.69) is 10.3 Å². The molecule has 17 heavy (non-hydrogen) atoms. The first kappa shape index (κ1) is 12.0. The fraction of sp³-hybridized carbons (Fsp3) is 0.0909. The maximum atomic E-state index is 13.2. The number of rotatable bonds is 3. The summed E-state index contributed by atoms with van der Waals surface area (Å²) >= 11 is 7.12. The Labute approximate surface area is 106 Å². The maximum absolute atomic E-state index is 13.2. The van der Waals surface area contributed by atoms with Crippen molar-refractivity contribution in [3.63, 3.8) is 0 Å². The zero-order valence-electron chi connectivity index (χ0n) is 8.61. The van der Waals surface area contributed by atoms with Gasteiger partial charge in [-0.15, -0.1) is 11.3 Å². The predicted octanol–water partition coefficient (Wildman–Crippen LogP) is 2.87. The highest BCUT2D eigenvalue weighted by Crippen LogP contribution is 2.21. The lowest BCUT2D eigenvalue weighted by molar-refractivity contribution is 0.0946. The van der Waals surface area contributed by atoms with Gasteiger partial charge in [-0.05, 0) is 24.3 Å². The van der Waals surface area contributed by atoms with Gasteiger partial charge in [-0.2, -0.15) is 4.39 Å². The van der Waals surface area contributed by atoms with Crippen molar-refractivity contribution in [2.24, 2.45) is 0 Å². The van der Waals surface area contributed by atoms with Crippen LogP contribution in [0, 0.1) is 5.95 Å². The summed E-state index contributed by atoms with van der Waals surface area (Å²) in [6.07, 6.45) is 1.30. The largest absolute Gasteiger partial charge is 0.347 e. The van der Waals surface area contributed by atoms with Crippen molar-refractivity contribution in [1.29, 1.82) is 0 Å². The Morgan fingerprint density at radius 1 is 1.47 bits per heavy atom. The molecule has 2 aromatic rings. The number of amides is 1. The van der Waals surface area contributed by atoms with Gasteiger partial charge in [0.2, 0.25) is 5.95 Å². The van der Waals surface area contributed by atoms with E-state index in [4.69, 9.17) is 11.6 Å². The molecule has 0 aromatic carbocycles. The molecule has 0 aliphatic rings. The third-order valence-corrected chi connectivity index (χ3v) is 3.29. The Hall–Kier alpha value is -1.46. The number of pyridine rings is 1. The van der Waals surface area contributed by atoms with Crippen LogP contribution in [0.2, 0.25) is 4.34 Å². The van der Waals surface area contributed by atoms with E-state index in [0.717, 1.165) is 4.88 Å². The lowest BCUT2D eigenvalue weighted by Gasteiger charge is -2.03. The predicted molar refractivity (Wildman–Crippen MR) is 64.7 cm³/mol. The number of hydrogen-bond donors (Lipinski definition) is 1. The van der Waals surface area contributed by atoms with Gasteiger partial charge in [0.1, 0.15) is 0 Å². The monoisotopic (exact) mass is 270 g/mol. The fourth-order valence-corrected chi connectivity index (χ4v) is 2.29. The summed E-state index contributed by atoms with van der Waals surface area (Å²) in [7, 11) is 0. The summed E-state index contributed by atoms with van der Waals surface area (Å²) < 4.78 is 13.8. The lowest BCUT2D eigenvalue weighted by Crippen LogP contribution is -2.23. The zero-order chi connectivity index (χ0) is 12.3. The third-order valence-electron chi connectivity index (χ3n) is 2.06. The first-order valence-electron chi connectivity index (χ1n) is 4.80. The molecule has 2 aromatic heterocycles. The van der Waals surface area contributed by atoms with E-state index >= 15 is 0 Å². The lowest BCUT2D eigenvalue weighted by atomic mass is 10.2. The van der Waals surface area contributed by atoms with E-state index in [1.807, 2.05) is 6.07 Å². The second kappa shape index (κ2) is 5.25. The van der Waals surface area contributed by atoms with Crippen LogP contribution < -0.4 is 5.32 Å². The molecule has 0 aliphatic heterocycles. The van der Waals surface area contributed by atoms with Crippen LogP contribution in [0.25, 0.3) is 0 Å². The molecule has 6 heteroatoms. The van der Waals surface area contributed by atoms with Gasteiger partial charge in [-0.25, -0.2) is 4.98 Å². The molecule has 0 aliphatic carbocycles. The standard InChI is InChI=1S/C11H8ClFN2OS/c12-9-4-3-7(17-9)6-15-11(16)8-2-1-5-14-10(8)13/h1-5H,6H2,(H,15,16). The van der Waals surface area contributed by atoms with Crippen molar-refractivity contribution in [2.75, 3.05) is 0 Å². The molecule has 1 amide bonds. The summed E-state index contributed by atoms with van der Waals surface area (Å²) in [5.41, 5.74) is -0.0600. The van der Waals surface area contributed by atoms with Gasteiger partial charge < -0.3 is 5.32 Å². The molecule has 0 spiro atoms. The van der Waals surface area contributed by atoms with Crippen molar-refractivity contribution >= 4 is 28.8 Å². The molecule has 0 fully saturated rings. The van der Waals surface area contributed by atoms with Crippen molar-refractivity contribution in [1.82, 2.24) is 10.3 Å². The normalized spacial score (nSPS) is 10.2. The average Bonchev–Trinajstić information content (AvgIpc) is 2.73. The topological polar surface area (TPSA) is 42.0 Å². The van der Waals surface area contributed by atoms with Crippen molar-refractivity contribution in [3.05, 3.63) is 51.2 Å². The molecule has 0 radical (unpaired) electrons. The molecule has 0 saturated heterocycles. The molecular weight excluding hydrogens is 263 g/mol. The minimum absolute atomic E-state index is 0.0600. The number of thiophene rings is 1. The van der Waals surface area contributed by atoms with Gasteiger partial charge in [0.05, 0.1) is 16.4 Å². The number of aromatic nitrogens is 1. The highest BCUT2D eigenvalue weighted by molar-refractivity contribution is 7.16. The minimum atomic E-state index is -0.769. The number of nitrogens with one attached hydrogen (secondary N) is 1. The van der Waals surface area contributed by atoms with Gasteiger partial charge >= 0.3 is 0 Å². The summed E-state index contributed by atoms with van der Waals surface area (Å²) in [6.45, 7) is 0.324. The van der Waals surface area contributed by atoms with Crippen LogP contribution in [0.4, 0.5) is 4.39 Å². The zero-order valence-corrected chi connectivity index (χ0v) is 10.2. The molecule has 3 nitrogen and oxygen atoms in total. The second-order valence-electron chi connectivity index (χ2n) is 3.23.